The van der Waals surface area contributed by atoms with Crippen molar-refractivity contribution in [2.45, 2.75) is 11.3 Å². The number of hydrogen-bond donors (Lipinski definition) is 0. The van der Waals surface area contributed by atoms with Crippen molar-refractivity contribution in [1.82, 2.24) is 0 Å². The van der Waals surface area contributed by atoms with Crippen molar-refractivity contribution in [1.29, 1.82) is 0 Å². The predicted octanol–water partition coefficient (Wildman–Crippen LogP) is 3.46. The summed E-state index contributed by atoms with van der Waals surface area (Å²) in [6.07, 6.45) is 1.85. The van der Waals surface area contributed by atoms with Crippen LogP contribution in [0.2, 0.25) is 0 Å². The van der Waals surface area contributed by atoms with Gasteiger partial charge in [0.05, 0.1) is 15.5 Å². The third-order valence-corrected chi connectivity index (χ3v) is 5.40. The van der Waals surface area contributed by atoms with Crippen LogP contribution < -0.4 is 4.90 Å². The predicted molar refractivity (Wildman–Crippen MR) is 91.1 cm³/mol. The van der Waals surface area contributed by atoms with Gasteiger partial charge in [0.15, 0.2) is 9.84 Å². The molecule has 1 aliphatic heterocycles. The van der Waals surface area contributed by atoms with Crippen molar-refractivity contribution >= 4 is 42.8 Å². The highest BCUT2D eigenvalue weighted by Gasteiger charge is 2.27. The number of sulfone groups is 1. The number of nitro benzene ring substituents is 1. The second-order valence-electron chi connectivity index (χ2n) is 5.36. The van der Waals surface area contributed by atoms with Crippen molar-refractivity contribution < 1.29 is 13.3 Å². The average molecular weight is 397 g/mol. The molecule has 0 unspecified atom stereocenters. The summed E-state index contributed by atoms with van der Waals surface area (Å²) in [5.74, 6) is 0. The van der Waals surface area contributed by atoms with Crippen LogP contribution in [0.25, 0.3) is 0 Å². The van der Waals surface area contributed by atoms with Crippen LogP contribution in [0.15, 0.2) is 45.8 Å². The van der Waals surface area contributed by atoms with E-state index in [0.29, 0.717) is 12.2 Å². The molecule has 0 radical (unpaired) electrons. The first-order valence-corrected chi connectivity index (χ1v) is 9.50. The third kappa shape index (κ3) is 2.96. The SMILES string of the molecule is CS(=O)(=O)c1cc([N+](=O)[O-])ccc1N1CCc2cc(Br)ccc21. The van der Waals surface area contributed by atoms with Gasteiger partial charge in [-0.2, -0.15) is 0 Å². The van der Waals surface area contributed by atoms with Crippen LogP contribution in [0.1, 0.15) is 5.56 Å². The molecule has 120 valence electrons. The number of anilines is 2. The summed E-state index contributed by atoms with van der Waals surface area (Å²) in [5, 5.41) is 10.9. The van der Waals surface area contributed by atoms with Crippen LogP contribution in [-0.4, -0.2) is 26.1 Å². The molecule has 0 atom stereocenters. The zero-order valence-electron chi connectivity index (χ0n) is 12.2. The Balaban J connectivity index is 2.17. The topological polar surface area (TPSA) is 80.5 Å². The number of non-ortho nitro benzene ring substituents is 1. The van der Waals surface area contributed by atoms with Gasteiger partial charge in [-0.3, -0.25) is 10.1 Å². The largest absolute Gasteiger partial charge is 0.340 e. The Labute approximate surface area is 141 Å². The Morgan fingerprint density at radius 2 is 1.87 bits per heavy atom. The molecule has 3 rings (SSSR count). The molecule has 0 fully saturated rings. The Kier molecular flexibility index (Phi) is 3.89. The monoisotopic (exact) mass is 396 g/mol. The van der Waals surface area contributed by atoms with Gasteiger partial charge in [-0.05, 0) is 36.2 Å². The van der Waals surface area contributed by atoms with Crippen molar-refractivity contribution in [2.75, 3.05) is 17.7 Å². The Morgan fingerprint density at radius 1 is 1.17 bits per heavy atom. The minimum absolute atomic E-state index is 0.0255. The van der Waals surface area contributed by atoms with E-state index < -0.39 is 14.8 Å². The molecule has 8 heteroatoms. The minimum atomic E-state index is -3.59. The molecule has 2 aromatic carbocycles. The highest BCUT2D eigenvalue weighted by Crippen LogP contribution is 2.39. The van der Waals surface area contributed by atoms with Crippen LogP contribution in [0, 0.1) is 10.1 Å². The molecule has 2 aromatic rings. The number of benzene rings is 2. The van der Waals surface area contributed by atoms with Crippen molar-refractivity contribution in [3.63, 3.8) is 0 Å². The fourth-order valence-electron chi connectivity index (χ4n) is 2.76. The van der Waals surface area contributed by atoms with E-state index in [-0.39, 0.29) is 10.6 Å². The Bertz CT molecular complexity index is 912. The summed E-state index contributed by atoms with van der Waals surface area (Å²) in [4.78, 5) is 12.2. The van der Waals surface area contributed by atoms with Crippen molar-refractivity contribution in [3.05, 3.63) is 56.5 Å². The van der Waals surface area contributed by atoms with Gasteiger partial charge in [0, 0.05) is 35.1 Å². The summed E-state index contributed by atoms with van der Waals surface area (Å²) in [5.41, 5.74) is 2.27. The van der Waals surface area contributed by atoms with Gasteiger partial charge < -0.3 is 4.90 Å². The van der Waals surface area contributed by atoms with E-state index in [0.717, 1.165) is 34.5 Å². The van der Waals surface area contributed by atoms with Crippen molar-refractivity contribution in [3.8, 4) is 0 Å². The van der Waals surface area contributed by atoms with Crippen LogP contribution >= 0.6 is 15.9 Å². The zero-order valence-corrected chi connectivity index (χ0v) is 14.6. The molecule has 0 saturated heterocycles. The summed E-state index contributed by atoms with van der Waals surface area (Å²) in [6.45, 7) is 0.631. The molecule has 0 aromatic heterocycles. The van der Waals surface area contributed by atoms with E-state index in [1.54, 1.807) is 0 Å². The van der Waals surface area contributed by atoms with Crippen LogP contribution in [0.5, 0.6) is 0 Å². The van der Waals surface area contributed by atoms with E-state index in [9.17, 15) is 18.5 Å². The lowest BCUT2D eigenvalue weighted by molar-refractivity contribution is -0.385. The van der Waals surface area contributed by atoms with E-state index in [1.165, 1.54) is 12.1 Å². The zero-order chi connectivity index (χ0) is 16.8. The molecule has 0 amide bonds. The van der Waals surface area contributed by atoms with E-state index >= 15 is 0 Å². The van der Waals surface area contributed by atoms with Gasteiger partial charge in [0.25, 0.3) is 5.69 Å². The minimum Gasteiger partial charge on any atom is -0.340 e. The number of halogens is 1. The summed E-state index contributed by atoms with van der Waals surface area (Å²) < 4.78 is 25.2. The van der Waals surface area contributed by atoms with Gasteiger partial charge >= 0.3 is 0 Å². The lowest BCUT2D eigenvalue weighted by Gasteiger charge is -2.22. The Hall–Kier alpha value is -1.93. The summed E-state index contributed by atoms with van der Waals surface area (Å²) in [6, 6.07) is 9.78. The fraction of sp³-hybridized carbons (Fsp3) is 0.200. The highest BCUT2D eigenvalue weighted by atomic mass is 79.9. The van der Waals surface area contributed by atoms with Gasteiger partial charge in [-0.1, -0.05) is 15.9 Å². The molecule has 0 N–H and O–H groups in total. The van der Waals surface area contributed by atoms with Gasteiger partial charge in [-0.15, -0.1) is 0 Å². The van der Waals surface area contributed by atoms with Crippen molar-refractivity contribution in [2.24, 2.45) is 0 Å². The lowest BCUT2D eigenvalue weighted by Crippen LogP contribution is -2.17. The molecule has 0 spiro atoms. The van der Waals surface area contributed by atoms with Crippen LogP contribution in [-0.2, 0) is 16.3 Å². The number of hydrogen-bond acceptors (Lipinski definition) is 5. The normalized spacial score (nSPS) is 13.9. The molecule has 0 aliphatic carbocycles. The maximum Gasteiger partial charge on any atom is 0.270 e. The van der Waals surface area contributed by atoms with Crippen LogP contribution in [0.3, 0.4) is 0 Å². The van der Waals surface area contributed by atoms with E-state index in [4.69, 9.17) is 0 Å². The smallest absolute Gasteiger partial charge is 0.270 e. The first-order valence-electron chi connectivity index (χ1n) is 6.82. The molecule has 0 bridgehead atoms. The molecule has 1 heterocycles. The Morgan fingerprint density at radius 3 is 2.52 bits per heavy atom. The maximum absolute atomic E-state index is 12.1. The van der Waals surface area contributed by atoms with E-state index in [1.807, 2.05) is 23.1 Å². The fourth-order valence-corrected chi connectivity index (χ4v) is 4.06. The summed E-state index contributed by atoms with van der Waals surface area (Å²) >= 11 is 3.42. The molecule has 1 aliphatic rings. The van der Waals surface area contributed by atoms with Gasteiger partial charge in [-0.25, -0.2) is 8.42 Å². The number of fused-ring (bicyclic) bond motifs is 1. The van der Waals surface area contributed by atoms with Gasteiger partial charge in [0.2, 0.25) is 0 Å². The summed E-state index contributed by atoms with van der Waals surface area (Å²) in [7, 11) is -3.59. The number of nitrogens with zero attached hydrogens (tertiary/aromatic N) is 2. The second-order valence-corrected chi connectivity index (χ2v) is 8.26. The molecular weight excluding hydrogens is 384 g/mol. The standard InChI is InChI=1S/C15H13BrN2O4S/c1-23(21,22)15-9-12(18(19)20)3-5-14(15)17-7-6-10-8-11(16)2-4-13(10)17/h2-5,8-9H,6-7H2,1H3. The molecular formula is C15H13BrN2O4S. The first-order chi connectivity index (χ1) is 10.8. The average Bonchev–Trinajstić information content (AvgIpc) is 2.88. The maximum atomic E-state index is 12.1. The second kappa shape index (κ2) is 5.61. The van der Waals surface area contributed by atoms with Gasteiger partial charge in [0.1, 0.15) is 0 Å². The number of rotatable bonds is 3. The molecule has 6 nitrogen and oxygen atoms in total. The molecule has 23 heavy (non-hydrogen) atoms. The van der Waals surface area contributed by atoms with E-state index in [2.05, 4.69) is 15.9 Å². The number of nitro groups is 1. The lowest BCUT2D eigenvalue weighted by atomic mass is 10.2. The molecule has 0 saturated carbocycles. The quantitative estimate of drug-likeness (QED) is 0.586. The first kappa shape index (κ1) is 15.9. The highest BCUT2D eigenvalue weighted by molar-refractivity contribution is 9.10. The third-order valence-electron chi connectivity index (χ3n) is 3.78. The van der Waals surface area contributed by atoms with Crippen LogP contribution in [0.4, 0.5) is 17.1 Å².